The SMILES string of the molecule is O=C(c1cc2ccccc2[nH]1)N1CCC(n2ccnn2)CC1. The van der Waals surface area contributed by atoms with Gasteiger partial charge in [0.1, 0.15) is 5.69 Å². The van der Waals surface area contributed by atoms with Crippen LogP contribution < -0.4 is 0 Å². The number of aromatic amines is 1. The molecule has 0 atom stereocenters. The molecule has 1 aliphatic heterocycles. The minimum atomic E-state index is 0.0771. The third-order valence-electron chi connectivity index (χ3n) is 4.33. The van der Waals surface area contributed by atoms with E-state index in [-0.39, 0.29) is 5.91 Å². The summed E-state index contributed by atoms with van der Waals surface area (Å²) in [6, 6.07) is 10.2. The molecule has 0 aliphatic carbocycles. The summed E-state index contributed by atoms with van der Waals surface area (Å²) in [4.78, 5) is 17.7. The van der Waals surface area contributed by atoms with Gasteiger partial charge in [0, 0.05) is 30.2 Å². The van der Waals surface area contributed by atoms with Crippen molar-refractivity contribution in [2.75, 3.05) is 13.1 Å². The van der Waals surface area contributed by atoms with Gasteiger partial charge < -0.3 is 9.88 Å². The lowest BCUT2D eigenvalue weighted by molar-refractivity contribution is 0.0684. The second kappa shape index (κ2) is 5.29. The van der Waals surface area contributed by atoms with Gasteiger partial charge >= 0.3 is 0 Å². The van der Waals surface area contributed by atoms with Crippen LogP contribution in [0, 0.1) is 0 Å². The molecule has 1 saturated heterocycles. The number of amides is 1. The highest BCUT2D eigenvalue weighted by Crippen LogP contribution is 2.23. The van der Waals surface area contributed by atoms with E-state index in [2.05, 4.69) is 15.3 Å². The summed E-state index contributed by atoms with van der Waals surface area (Å²) in [6.07, 6.45) is 5.41. The largest absolute Gasteiger partial charge is 0.351 e. The molecule has 112 valence electrons. The summed E-state index contributed by atoms with van der Waals surface area (Å²) in [5.41, 5.74) is 1.67. The van der Waals surface area contributed by atoms with E-state index in [1.807, 2.05) is 46.1 Å². The van der Waals surface area contributed by atoms with Gasteiger partial charge in [0.2, 0.25) is 0 Å². The number of hydrogen-bond acceptors (Lipinski definition) is 3. The zero-order chi connectivity index (χ0) is 14.9. The van der Waals surface area contributed by atoms with Gasteiger partial charge in [0.25, 0.3) is 5.91 Å². The summed E-state index contributed by atoms with van der Waals surface area (Å²) in [5, 5.41) is 8.98. The summed E-state index contributed by atoms with van der Waals surface area (Å²) < 4.78 is 1.89. The Labute approximate surface area is 127 Å². The lowest BCUT2D eigenvalue weighted by atomic mass is 10.0. The molecule has 3 aromatic rings. The van der Waals surface area contributed by atoms with Gasteiger partial charge in [-0.3, -0.25) is 4.79 Å². The zero-order valence-corrected chi connectivity index (χ0v) is 12.1. The fourth-order valence-electron chi connectivity index (χ4n) is 3.10. The van der Waals surface area contributed by atoms with Crippen LogP contribution in [0.1, 0.15) is 29.4 Å². The van der Waals surface area contributed by atoms with Crippen molar-refractivity contribution in [2.45, 2.75) is 18.9 Å². The average Bonchev–Trinajstić information content (AvgIpc) is 3.23. The summed E-state index contributed by atoms with van der Waals surface area (Å²) in [5.74, 6) is 0.0771. The molecular weight excluding hydrogens is 278 g/mol. The molecule has 22 heavy (non-hydrogen) atoms. The van der Waals surface area contributed by atoms with Crippen LogP contribution in [0.5, 0.6) is 0 Å². The van der Waals surface area contributed by atoms with Crippen LogP contribution in [0.15, 0.2) is 42.7 Å². The van der Waals surface area contributed by atoms with Crippen molar-refractivity contribution in [3.05, 3.63) is 48.4 Å². The van der Waals surface area contributed by atoms with E-state index >= 15 is 0 Å². The lowest BCUT2D eigenvalue weighted by Gasteiger charge is -2.31. The molecular formula is C16H17N5O. The topological polar surface area (TPSA) is 66.8 Å². The third-order valence-corrected chi connectivity index (χ3v) is 4.33. The van der Waals surface area contributed by atoms with E-state index in [4.69, 9.17) is 0 Å². The van der Waals surface area contributed by atoms with Crippen molar-refractivity contribution in [1.29, 1.82) is 0 Å². The van der Waals surface area contributed by atoms with Gasteiger partial charge in [0.15, 0.2) is 0 Å². The maximum atomic E-state index is 12.6. The van der Waals surface area contributed by atoms with Crippen LogP contribution in [-0.2, 0) is 0 Å². The van der Waals surface area contributed by atoms with Crippen LogP contribution in [0.3, 0.4) is 0 Å². The minimum absolute atomic E-state index is 0.0771. The number of likely N-dealkylation sites (tertiary alicyclic amines) is 1. The number of aromatic nitrogens is 4. The Balaban J connectivity index is 1.47. The molecule has 0 spiro atoms. The second-order valence-electron chi connectivity index (χ2n) is 5.68. The van der Waals surface area contributed by atoms with Gasteiger partial charge in [-0.2, -0.15) is 0 Å². The van der Waals surface area contributed by atoms with Crippen LogP contribution >= 0.6 is 0 Å². The first kappa shape index (κ1) is 13.1. The molecule has 3 heterocycles. The third kappa shape index (κ3) is 2.26. The maximum absolute atomic E-state index is 12.6. The fourth-order valence-corrected chi connectivity index (χ4v) is 3.10. The first-order chi connectivity index (χ1) is 10.8. The summed E-state index contributed by atoms with van der Waals surface area (Å²) in [7, 11) is 0. The monoisotopic (exact) mass is 295 g/mol. The van der Waals surface area contributed by atoms with E-state index in [0.717, 1.165) is 36.8 Å². The first-order valence-electron chi connectivity index (χ1n) is 7.54. The van der Waals surface area contributed by atoms with Gasteiger partial charge in [-0.15, -0.1) is 5.10 Å². The summed E-state index contributed by atoms with van der Waals surface area (Å²) in [6.45, 7) is 1.50. The Hall–Kier alpha value is -2.63. The molecule has 0 radical (unpaired) electrons. The van der Waals surface area contributed by atoms with Crippen molar-refractivity contribution in [3.63, 3.8) is 0 Å². The van der Waals surface area contributed by atoms with Gasteiger partial charge in [0.05, 0.1) is 12.2 Å². The molecule has 1 N–H and O–H groups in total. The van der Waals surface area contributed by atoms with Crippen LogP contribution in [0.4, 0.5) is 0 Å². The molecule has 6 heteroatoms. The number of carbonyl (C=O) groups excluding carboxylic acids is 1. The summed E-state index contributed by atoms with van der Waals surface area (Å²) >= 11 is 0. The van der Waals surface area contributed by atoms with Crippen molar-refractivity contribution in [3.8, 4) is 0 Å². The Morgan fingerprint density at radius 1 is 1.23 bits per heavy atom. The predicted molar refractivity (Wildman–Crippen MR) is 82.5 cm³/mol. The van der Waals surface area contributed by atoms with Crippen molar-refractivity contribution < 1.29 is 4.79 Å². The number of hydrogen-bond donors (Lipinski definition) is 1. The maximum Gasteiger partial charge on any atom is 0.270 e. The highest BCUT2D eigenvalue weighted by molar-refractivity contribution is 5.98. The number of benzene rings is 1. The molecule has 2 aromatic heterocycles. The number of carbonyl (C=O) groups is 1. The number of piperidine rings is 1. The number of H-pyrrole nitrogens is 1. The van der Waals surface area contributed by atoms with E-state index < -0.39 is 0 Å². The van der Waals surface area contributed by atoms with E-state index in [0.29, 0.717) is 11.7 Å². The van der Waals surface area contributed by atoms with Gasteiger partial charge in [-0.1, -0.05) is 23.4 Å². The molecule has 0 bridgehead atoms. The molecule has 1 fully saturated rings. The predicted octanol–water partition coefficient (Wildman–Crippen LogP) is 2.24. The molecule has 1 amide bonds. The normalized spacial score (nSPS) is 16.3. The molecule has 0 unspecified atom stereocenters. The molecule has 1 aliphatic rings. The van der Waals surface area contributed by atoms with Crippen LogP contribution in [-0.4, -0.2) is 43.9 Å². The number of rotatable bonds is 2. The molecule has 1 aromatic carbocycles. The molecule has 4 rings (SSSR count). The lowest BCUT2D eigenvalue weighted by Crippen LogP contribution is -2.39. The fraction of sp³-hybridized carbons (Fsp3) is 0.312. The Kier molecular flexibility index (Phi) is 3.14. The van der Waals surface area contributed by atoms with Crippen LogP contribution in [0.2, 0.25) is 0 Å². The highest BCUT2D eigenvalue weighted by atomic mass is 16.2. The van der Waals surface area contributed by atoms with Crippen molar-refractivity contribution >= 4 is 16.8 Å². The van der Waals surface area contributed by atoms with Crippen LogP contribution in [0.25, 0.3) is 10.9 Å². The van der Waals surface area contributed by atoms with E-state index in [1.165, 1.54) is 0 Å². The Bertz CT molecular complexity index is 751. The van der Waals surface area contributed by atoms with E-state index in [1.54, 1.807) is 6.20 Å². The Morgan fingerprint density at radius 3 is 2.77 bits per heavy atom. The molecule has 0 saturated carbocycles. The average molecular weight is 295 g/mol. The number of nitrogens with zero attached hydrogens (tertiary/aromatic N) is 4. The highest BCUT2D eigenvalue weighted by Gasteiger charge is 2.25. The Morgan fingerprint density at radius 2 is 2.05 bits per heavy atom. The zero-order valence-electron chi connectivity index (χ0n) is 12.1. The van der Waals surface area contributed by atoms with Crippen molar-refractivity contribution in [1.82, 2.24) is 24.9 Å². The van der Waals surface area contributed by atoms with Crippen molar-refractivity contribution in [2.24, 2.45) is 0 Å². The smallest absolute Gasteiger partial charge is 0.270 e. The standard InChI is InChI=1S/C16H17N5O/c22-16(15-11-12-3-1-2-4-14(12)18-15)20-8-5-13(6-9-20)21-10-7-17-19-21/h1-4,7,10-11,13,18H,5-6,8-9H2. The first-order valence-corrected chi connectivity index (χ1v) is 7.54. The second-order valence-corrected chi connectivity index (χ2v) is 5.68. The number of nitrogens with one attached hydrogen (secondary N) is 1. The molecule has 6 nitrogen and oxygen atoms in total. The number of fused-ring (bicyclic) bond motifs is 1. The minimum Gasteiger partial charge on any atom is -0.351 e. The van der Waals surface area contributed by atoms with Gasteiger partial charge in [-0.05, 0) is 25.0 Å². The quantitative estimate of drug-likeness (QED) is 0.788. The number of para-hydroxylation sites is 1. The van der Waals surface area contributed by atoms with Gasteiger partial charge in [-0.25, -0.2) is 4.68 Å². The van der Waals surface area contributed by atoms with E-state index in [9.17, 15) is 4.79 Å².